The summed E-state index contributed by atoms with van der Waals surface area (Å²) < 4.78 is 13.3. The summed E-state index contributed by atoms with van der Waals surface area (Å²) in [7, 11) is 0. The van der Waals surface area contributed by atoms with Gasteiger partial charge in [-0.05, 0) is 29.8 Å². The number of aliphatic hydroxyl groups is 1. The molecule has 0 bridgehead atoms. The second-order valence-electron chi connectivity index (χ2n) is 8.44. The van der Waals surface area contributed by atoms with Crippen molar-refractivity contribution in [3.8, 4) is 0 Å². The Morgan fingerprint density at radius 3 is 2.53 bits per heavy atom. The average Bonchev–Trinajstić information content (AvgIpc) is 3.53. The number of fused-ring (bicyclic) bond motifs is 1. The first-order valence-corrected chi connectivity index (χ1v) is 11.6. The number of nitrogens with zero attached hydrogens (tertiary/aromatic N) is 7. The highest BCUT2D eigenvalue weighted by atomic mass is 16.6. The molecule has 194 valence electrons. The molecule has 38 heavy (non-hydrogen) atoms. The summed E-state index contributed by atoms with van der Waals surface area (Å²) in [4.78, 5) is 42.2. The van der Waals surface area contributed by atoms with Crippen LogP contribution in [0.4, 0.5) is 17.3 Å². The van der Waals surface area contributed by atoms with E-state index in [1.807, 2.05) is 12.1 Å². The van der Waals surface area contributed by atoms with Crippen molar-refractivity contribution in [3.05, 3.63) is 87.8 Å². The van der Waals surface area contributed by atoms with Gasteiger partial charge in [0.25, 0.3) is 11.5 Å². The molecule has 1 amide bonds. The fraction of sp³-hybridized carbons (Fsp3) is 0.250. The standard InChI is InChI=1S/C24H23N9O5/c25-23-29-20-19(21(35)30-23)27-13-32(20)24(11-17(18(12-34)38-24)37-14-28-31-26)22(36)33(15-7-3-1-4-8-15)16-9-5-2-6-10-16/h1-10,13,17-18,34H,11-12,14H2,(H3,25,29,30,35)/t17-,18+,24-/m0/s1. The summed E-state index contributed by atoms with van der Waals surface area (Å²) in [5, 5.41) is 13.5. The normalized spacial score (nSPS) is 20.8. The topological polar surface area (TPSA) is 197 Å². The SMILES string of the molecule is [N-]=[N+]=NCO[C@H]1C[C@](C(=O)N(c2ccccc2)c2ccccc2)(n2cnc3c(=O)[nH]c(N)nc32)O[C@@H]1CO. The molecule has 14 heteroatoms. The van der Waals surface area contributed by atoms with Crippen molar-refractivity contribution in [2.24, 2.45) is 5.11 Å². The first-order chi connectivity index (χ1) is 18.5. The highest BCUT2D eigenvalue weighted by Crippen LogP contribution is 2.42. The zero-order valence-corrected chi connectivity index (χ0v) is 19.9. The molecule has 3 atom stereocenters. The van der Waals surface area contributed by atoms with E-state index in [4.69, 9.17) is 20.7 Å². The molecule has 1 aliphatic heterocycles. The second kappa shape index (κ2) is 10.3. The first kappa shape index (κ1) is 24.9. The minimum absolute atomic E-state index is 0.00746. The number of carbonyl (C=O) groups excluding carboxylic acids is 1. The number of aliphatic hydroxyl groups excluding tert-OH is 1. The molecule has 2 aromatic heterocycles. The Kier molecular flexibility index (Phi) is 6.77. The van der Waals surface area contributed by atoms with Crippen molar-refractivity contribution in [2.75, 3.05) is 24.0 Å². The van der Waals surface area contributed by atoms with E-state index >= 15 is 0 Å². The van der Waals surface area contributed by atoms with Gasteiger partial charge >= 0.3 is 0 Å². The maximum Gasteiger partial charge on any atom is 0.285 e. The molecule has 5 rings (SSSR count). The lowest BCUT2D eigenvalue weighted by molar-refractivity contribution is -0.159. The van der Waals surface area contributed by atoms with Crippen LogP contribution in [0.2, 0.25) is 0 Å². The number of nitrogen functional groups attached to an aromatic ring is 1. The number of rotatable bonds is 8. The van der Waals surface area contributed by atoms with E-state index in [2.05, 4.69) is 25.0 Å². The molecule has 4 N–H and O–H groups in total. The quantitative estimate of drug-likeness (QED) is 0.179. The third-order valence-electron chi connectivity index (χ3n) is 6.21. The largest absolute Gasteiger partial charge is 0.394 e. The van der Waals surface area contributed by atoms with E-state index in [9.17, 15) is 14.7 Å². The van der Waals surface area contributed by atoms with E-state index < -0.39 is 36.0 Å². The van der Waals surface area contributed by atoms with E-state index in [1.54, 1.807) is 48.5 Å². The highest BCUT2D eigenvalue weighted by Gasteiger charge is 2.56. The molecule has 1 saturated heterocycles. The van der Waals surface area contributed by atoms with Crippen LogP contribution in [0.5, 0.6) is 0 Å². The van der Waals surface area contributed by atoms with Gasteiger partial charge in [-0.2, -0.15) is 4.98 Å². The van der Waals surface area contributed by atoms with Gasteiger partial charge in [0.2, 0.25) is 11.7 Å². The second-order valence-corrected chi connectivity index (χ2v) is 8.44. The van der Waals surface area contributed by atoms with Crippen molar-refractivity contribution in [1.29, 1.82) is 0 Å². The van der Waals surface area contributed by atoms with Crippen LogP contribution >= 0.6 is 0 Å². The Morgan fingerprint density at radius 1 is 1.26 bits per heavy atom. The van der Waals surface area contributed by atoms with Gasteiger partial charge in [-0.25, -0.2) is 4.98 Å². The molecule has 0 saturated carbocycles. The average molecular weight is 518 g/mol. The molecular weight excluding hydrogens is 494 g/mol. The number of amides is 1. The fourth-order valence-electron chi connectivity index (χ4n) is 4.55. The van der Waals surface area contributed by atoms with Crippen molar-refractivity contribution in [2.45, 2.75) is 24.4 Å². The number of hydrogen-bond acceptors (Lipinski definition) is 9. The number of para-hydroxylation sites is 2. The lowest BCUT2D eigenvalue weighted by Gasteiger charge is -2.35. The van der Waals surface area contributed by atoms with Gasteiger partial charge in [0.1, 0.15) is 19.2 Å². The molecule has 3 heterocycles. The number of hydrogen-bond donors (Lipinski definition) is 3. The van der Waals surface area contributed by atoms with Crippen molar-refractivity contribution in [3.63, 3.8) is 0 Å². The highest BCUT2D eigenvalue weighted by molar-refractivity contribution is 6.05. The Balaban J connectivity index is 1.72. The Hall–Kier alpha value is -4.75. The molecule has 2 aromatic carbocycles. The maximum atomic E-state index is 14.7. The molecule has 0 spiro atoms. The summed E-state index contributed by atoms with van der Waals surface area (Å²) in [5.41, 5.74) is 13.0. The number of carbonyl (C=O) groups is 1. The number of benzene rings is 2. The van der Waals surface area contributed by atoms with E-state index in [0.29, 0.717) is 11.4 Å². The van der Waals surface area contributed by atoms with Crippen LogP contribution in [-0.2, 0) is 20.0 Å². The van der Waals surface area contributed by atoms with Crippen LogP contribution in [0.3, 0.4) is 0 Å². The zero-order valence-electron chi connectivity index (χ0n) is 19.9. The molecule has 0 radical (unpaired) electrons. The summed E-state index contributed by atoms with van der Waals surface area (Å²) in [6.07, 6.45) is -0.714. The lowest BCUT2D eigenvalue weighted by atomic mass is 10.0. The number of anilines is 3. The van der Waals surface area contributed by atoms with Gasteiger partial charge in [-0.3, -0.25) is 24.0 Å². The Bertz CT molecular complexity index is 1510. The van der Waals surface area contributed by atoms with Crippen LogP contribution in [0.25, 0.3) is 21.6 Å². The van der Waals surface area contributed by atoms with Crippen molar-refractivity contribution < 1.29 is 19.4 Å². The zero-order chi connectivity index (χ0) is 26.7. The Labute approximate surface area is 214 Å². The summed E-state index contributed by atoms with van der Waals surface area (Å²) in [6.45, 7) is -0.850. The maximum absolute atomic E-state index is 14.7. The number of nitrogens with two attached hydrogens (primary N) is 1. The van der Waals surface area contributed by atoms with Gasteiger partial charge in [0.05, 0.1) is 12.7 Å². The van der Waals surface area contributed by atoms with Gasteiger partial charge in [0, 0.05) is 22.7 Å². The molecular formula is C24H23N9O5. The van der Waals surface area contributed by atoms with Crippen LogP contribution in [0.15, 0.2) is 76.9 Å². The third kappa shape index (κ3) is 4.33. The van der Waals surface area contributed by atoms with Crippen LogP contribution < -0.4 is 16.2 Å². The number of azide groups is 1. The summed E-state index contributed by atoms with van der Waals surface area (Å²) in [5.74, 6) is -0.745. The van der Waals surface area contributed by atoms with Crippen LogP contribution in [0, 0.1) is 0 Å². The fourth-order valence-corrected chi connectivity index (χ4v) is 4.55. The van der Waals surface area contributed by atoms with Crippen LogP contribution in [-0.4, -0.2) is 56.1 Å². The molecule has 1 aliphatic rings. The first-order valence-electron chi connectivity index (χ1n) is 11.6. The molecule has 14 nitrogen and oxygen atoms in total. The number of imidazole rings is 1. The summed E-state index contributed by atoms with van der Waals surface area (Å²) in [6, 6.07) is 17.9. The Morgan fingerprint density at radius 2 is 1.92 bits per heavy atom. The predicted octanol–water partition coefficient (Wildman–Crippen LogP) is 2.15. The molecule has 1 fully saturated rings. The molecule has 0 aliphatic carbocycles. The van der Waals surface area contributed by atoms with Crippen LogP contribution in [0.1, 0.15) is 6.42 Å². The smallest absolute Gasteiger partial charge is 0.285 e. The van der Waals surface area contributed by atoms with E-state index in [1.165, 1.54) is 15.8 Å². The van der Waals surface area contributed by atoms with Gasteiger partial charge in [0.15, 0.2) is 11.2 Å². The predicted molar refractivity (Wildman–Crippen MR) is 136 cm³/mol. The number of aromatic nitrogens is 4. The minimum atomic E-state index is -1.89. The molecule has 0 unspecified atom stereocenters. The van der Waals surface area contributed by atoms with Gasteiger partial charge in [-0.15, -0.1) is 0 Å². The van der Waals surface area contributed by atoms with Crippen molar-refractivity contribution in [1.82, 2.24) is 19.5 Å². The number of H-pyrrole nitrogens is 1. The minimum Gasteiger partial charge on any atom is -0.394 e. The van der Waals surface area contributed by atoms with E-state index in [0.717, 1.165) is 0 Å². The van der Waals surface area contributed by atoms with Gasteiger partial charge in [-0.1, -0.05) is 41.5 Å². The van der Waals surface area contributed by atoms with Crippen molar-refractivity contribution >= 4 is 34.4 Å². The third-order valence-corrected chi connectivity index (χ3v) is 6.21. The number of nitrogens with one attached hydrogen (secondary N) is 1. The lowest BCUT2D eigenvalue weighted by Crippen LogP contribution is -2.50. The van der Waals surface area contributed by atoms with Gasteiger partial charge < -0.3 is 20.3 Å². The summed E-state index contributed by atoms with van der Waals surface area (Å²) >= 11 is 0. The number of ether oxygens (including phenoxy) is 2. The number of aromatic amines is 1. The van der Waals surface area contributed by atoms with E-state index in [-0.39, 0.29) is 30.3 Å². The monoisotopic (exact) mass is 517 g/mol. The molecule has 4 aromatic rings.